The van der Waals surface area contributed by atoms with Gasteiger partial charge in [-0.05, 0) is 42.7 Å². The molecule has 0 spiro atoms. The number of carbonyl (C=O) groups is 1. The fourth-order valence-electron chi connectivity index (χ4n) is 1.93. The lowest BCUT2D eigenvalue weighted by atomic mass is 10.1. The normalized spacial score (nSPS) is 10.7. The van der Waals surface area contributed by atoms with Gasteiger partial charge in [0.25, 0.3) is 5.91 Å². The number of aromatic nitrogens is 1. The third-order valence-electron chi connectivity index (χ3n) is 3.23. The monoisotopic (exact) mass is 351 g/mol. The first-order valence-electron chi connectivity index (χ1n) is 7.42. The van der Waals surface area contributed by atoms with E-state index in [1.54, 1.807) is 36.5 Å². The second-order valence-corrected chi connectivity index (χ2v) is 6.44. The van der Waals surface area contributed by atoms with Crippen molar-refractivity contribution in [2.24, 2.45) is 5.92 Å². The third-order valence-corrected chi connectivity index (χ3v) is 3.97. The van der Waals surface area contributed by atoms with Crippen LogP contribution in [0.1, 0.15) is 30.6 Å². The van der Waals surface area contributed by atoms with Gasteiger partial charge in [0.1, 0.15) is 5.82 Å². The predicted octanol–water partition coefficient (Wildman–Crippen LogP) is 5.10. The summed E-state index contributed by atoms with van der Waals surface area (Å²) in [6.45, 7) is 5.15. The smallest absolute Gasteiger partial charge is 0.255 e. The molecule has 2 rings (SSSR count). The lowest BCUT2D eigenvalue weighted by Gasteiger charge is -2.10. The van der Waals surface area contributed by atoms with Crippen molar-refractivity contribution < 1.29 is 4.79 Å². The van der Waals surface area contributed by atoms with Crippen molar-refractivity contribution in [1.29, 1.82) is 0 Å². The molecule has 1 amide bonds. The molecule has 6 heteroatoms. The molecule has 0 saturated carbocycles. The molecule has 0 unspecified atom stereocenters. The molecule has 1 heterocycles. The molecular weight excluding hydrogens is 333 g/mol. The first kappa shape index (κ1) is 17.6. The Balaban J connectivity index is 2.02. The number of halogens is 2. The number of nitrogens with one attached hydrogen (secondary N) is 2. The van der Waals surface area contributed by atoms with Crippen LogP contribution in [0.5, 0.6) is 0 Å². The quantitative estimate of drug-likeness (QED) is 0.761. The Morgan fingerprint density at radius 1 is 1.17 bits per heavy atom. The predicted molar refractivity (Wildman–Crippen MR) is 96.6 cm³/mol. The molecule has 0 aliphatic carbocycles. The van der Waals surface area contributed by atoms with E-state index in [0.717, 1.165) is 13.0 Å². The van der Waals surface area contributed by atoms with Crippen LogP contribution in [0.3, 0.4) is 0 Å². The number of nitrogens with zero attached hydrogens (tertiary/aromatic N) is 1. The summed E-state index contributed by atoms with van der Waals surface area (Å²) in [6.07, 6.45) is 2.66. The fraction of sp³-hybridized carbons (Fsp3) is 0.294. The average molecular weight is 352 g/mol. The molecule has 1 aromatic heterocycles. The summed E-state index contributed by atoms with van der Waals surface area (Å²) in [5, 5.41) is 6.86. The van der Waals surface area contributed by atoms with Gasteiger partial charge in [0.05, 0.1) is 10.0 Å². The van der Waals surface area contributed by atoms with E-state index in [1.165, 1.54) is 0 Å². The highest BCUT2D eigenvalue weighted by Crippen LogP contribution is 2.25. The van der Waals surface area contributed by atoms with Crippen LogP contribution in [-0.2, 0) is 0 Å². The number of hydrogen-bond acceptors (Lipinski definition) is 3. The van der Waals surface area contributed by atoms with E-state index < -0.39 is 0 Å². The highest BCUT2D eigenvalue weighted by Gasteiger charge is 2.09. The van der Waals surface area contributed by atoms with Crippen LogP contribution in [0.25, 0.3) is 0 Å². The van der Waals surface area contributed by atoms with Gasteiger partial charge in [-0.2, -0.15) is 0 Å². The second kappa shape index (κ2) is 8.18. The first-order valence-corrected chi connectivity index (χ1v) is 8.17. The third kappa shape index (κ3) is 5.41. The topological polar surface area (TPSA) is 54.0 Å². The lowest BCUT2D eigenvalue weighted by molar-refractivity contribution is 0.102. The fourth-order valence-corrected chi connectivity index (χ4v) is 2.23. The van der Waals surface area contributed by atoms with E-state index in [4.69, 9.17) is 23.2 Å². The maximum absolute atomic E-state index is 12.3. The van der Waals surface area contributed by atoms with E-state index in [1.807, 2.05) is 0 Å². The van der Waals surface area contributed by atoms with Crippen LogP contribution < -0.4 is 10.6 Å². The zero-order valence-corrected chi connectivity index (χ0v) is 14.6. The number of hydrogen-bond donors (Lipinski definition) is 2. The van der Waals surface area contributed by atoms with Crippen molar-refractivity contribution in [2.75, 3.05) is 17.2 Å². The van der Waals surface area contributed by atoms with Crippen LogP contribution in [0.2, 0.25) is 10.0 Å². The van der Waals surface area contributed by atoms with E-state index in [2.05, 4.69) is 29.5 Å². The minimum absolute atomic E-state index is 0.224. The zero-order chi connectivity index (χ0) is 16.8. The molecule has 23 heavy (non-hydrogen) atoms. The summed E-state index contributed by atoms with van der Waals surface area (Å²) in [7, 11) is 0. The summed E-state index contributed by atoms with van der Waals surface area (Å²) in [4.78, 5) is 16.5. The number of amides is 1. The molecule has 2 aromatic rings. The van der Waals surface area contributed by atoms with Crippen molar-refractivity contribution in [2.45, 2.75) is 20.3 Å². The maximum Gasteiger partial charge on any atom is 0.255 e. The number of benzene rings is 1. The number of pyridine rings is 1. The van der Waals surface area contributed by atoms with Crippen molar-refractivity contribution >= 4 is 40.6 Å². The van der Waals surface area contributed by atoms with Crippen LogP contribution in [0.4, 0.5) is 11.5 Å². The van der Waals surface area contributed by atoms with E-state index in [0.29, 0.717) is 33.0 Å². The highest BCUT2D eigenvalue weighted by molar-refractivity contribution is 6.42. The van der Waals surface area contributed by atoms with Crippen molar-refractivity contribution in [1.82, 2.24) is 4.98 Å². The van der Waals surface area contributed by atoms with Gasteiger partial charge >= 0.3 is 0 Å². The number of anilines is 2. The average Bonchev–Trinajstić information content (AvgIpc) is 2.51. The van der Waals surface area contributed by atoms with Crippen LogP contribution in [0.15, 0.2) is 36.5 Å². The Labute approximate surface area is 146 Å². The van der Waals surface area contributed by atoms with E-state index >= 15 is 0 Å². The Bertz CT molecular complexity index is 689. The minimum atomic E-state index is -0.224. The van der Waals surface area contributed by atoms with Crippen molar-refractivity contribution in [3.8, 4) is 0 Å². The molecule has 1 aromatic carbocycles. The van der Waals surface area contributed by atoms with Gasteiger partial charge in [-0.1, -0.05) is 37.0 Å². The summed E-state index contributed by atoms with van der Waals surface area (Å²) in [5.41, 5.74) is 1.12. The van der Waals surface area contributed by atoms with Crippen LogP contribution >= 0.6 is 23.2 Å². The minimum Gasteiger partial charge on any atom is -0.370 e. The van der Waals surface area contributed by atoms with Gasteiger partial charge in [-0.15, -0.1) is 0 Å². The highest BCUT2D eigenvalue weighted by atomic mass is 35.5. The van der Waals surface area contributed by atoms with Crippen LogP contribution in [0, 0.1) is 5.92 Å². The van der Waals surface area contributed by atoms with E-state index in [-0.39, 0.29) is 5.91 Å². The molecule has 2 N–H and O–H groups in total. The van der Waals surface area contributed by atoms with Crippen molar-refractivity contribution in [3.05, 3.63) is 52.1 Å². The van der Waals surface area contributed by atoms with Crippen molar-refractivity contribution in [3.63, 3.8) is 0 Å². The molecule has 0 fully saturated rings. The van der Waals surface area contributed by atoms with Gasteiger partial charge in [0, 0.05) is 24.0 Å². The summed E-state index contributed by atoms with van der Waals surface area (Å²) >= 11 is 11.8. The Kier molecular flexibility index (Phi) is 6.25. The van der Waals surface area contributed by atoms with Gasteiger partial charge in [-0.25, -0.2) is 4.98 Å². The summed E-state index contributed by atoms with van der Waals surface area (Å²) < 4.78 is 0. The molecule has 122 valence electrons. The number of rotatable bonds is 6. The largest absolute Gasteiger partial charge is 0.370 e. The molecule has 0 aliphatic rings. The zero-order valence-electron chi connectivity index (χ0n) is 13.1. The summed E-state index contributed by atoms with van der Waals surface area (Å²) in [6, 6.07) is 8.36. The maximum atomic E-state index is 12.3. The molecule has 0 atom stereocenters. The first-order chi connectivity index (χ1) is 11.0. The molecule has 4 nitrogen and oxygen atoms in total. The van der Waals surface area contributed by atoms with E-state index in [9.17, 15) is 4.79 Å². The number of carbonyl (C=O) groups excluding carboxylic acids is 1. The molecular formula is C17H19Cl2N3O. The Hall–Kier alpha value is -1.78. The Morgan fingerprint density at radius 2 is 1.96 bits per heavy atom. The summed E-state index contributed by atoms with van der Waals surface area (Å²) in [5.74, 6) is 1.08. The standard InChI is InChI=1S/C17H19Cl2N3O/c1-11(2)5-7-20-16-9-12(6-8-21-16)17(23)22-13-3-4-14(18)15(19)10-13/h3-4,6,8-11H,5,7H2,1-2H3,(H,20,21)(H,22,23). The van der Waals surface area contributed by atoms with Gasteiger partial charge in [-0.3, -0.25) is 4.79 Å². The Morgan fingerprint density at radius 3 is 2.65 bits per heavy atom. The molecule has 0 bridgehead atoms. The lowest BCUT2D eigenvalue weighted by Crippen LogP contribution is -2.13. The molecule has 0 radical (unpaired) electrons. The van der Waals surface area contributed by atoms with Crippen LogP contribution in [-0.4, -0.2) is 17.4 Å². The van der Waals surface area contributed by atoms with Gasteiger partial charge in [0.15, 0.2) is 0 Å². The molecule has 0 saturated heterocycles. The van der Waals surface area contributed by atoms with Gasteiger partial charge < -0.3 is 10.6 Å². The molecule has 0 aliphatic heterocycles. The second-order valence-electron chi connectivity index (χ2n) is 5.62. The van der Waals surface area contributed by atoms with Gasteiger partial charge in [0.2, 0.25) is 0 Å². The SMILES string of the molecule is CC(C)CCNc1cc(C(=O)Nc2ccc(Cl)c(Cl)c2)ccn1.